The molecule has 0 saturated carbocycles. The number of nitrogens with zero attached hydrogens (tertiary/aromatic N) is 1. The molecule has 0 bridgehead atoms. The normalized spacial score (nSPS) is 16.8. The first kappa shape index (κ1) is 19.0. The summed E-state index contributed by atoms with van der Waals surface area (Å²) in [6.07, 6.45) is 0.727. The monoisotopic (exact) mass is 370 g/mol. The summed E-state index contributed by atoms with van der Waals surface area (Å²) in [6, 6.07) is 13.2. The number of amides is 2. The number of anilines is 1. The van der Waals surface area contributed by atoms with E-state index in [9.17, 15) is 14.0 Å². The Hall–Kier alpha value is -2.73. The van der Waals surface area contributed by atoms with Crippen LogP contribution in [0.25, 0.3) is 0 Å². The molecular formula is C21H23FN2O3. The van der Waals surface area contributed by atoms with Crippen molar-refractivity contribution in [1.29, 1.82) is 0 Å². The molecule has 3 rings (SSSR count). The van der Waals surface area contributed by atoms with Crippen molar-refractivity contribution in [2.24, 2.45) is 0 Å². The Balaban J connectivity index is 1.54. The number of benzene rings is 2. The first-order valence-corrected chi connectivity index (χ1v) is 9.06. The topological polar surface area (TPSA) is 58.6 Å². The lowest BCUT2D eigenvalue weighted by molar-refractivity contribution is -0.116. The summed E-state index contributed by atoms with van der Waals surface area (Å²) in [7, 11) is 0. The Morgan fingerprint density at radius 2 is 2.00 bits per heavy atom. The summed E-state index contributed by atoms with van der Waals surface area (Å²) in [5.41, 5.74) is 2.00. The smallest absolute Gasteiger partial charge is 0.254 e. The molecule has 1 N–H and O–H groups in total. The molecule has 1 fully saturated rings. The Bertz CT molecular complexity index is 807. The van der Waals surface area contributed by atoms with E-state index in [2.05, 4.69) is 5.32 Å². The predicted molar refractivity (Wildman–Crippen MR) is 101 cm³/mol. The van der Waals surface area contributed by atoms with Gasteiger partial charge in [-0.25, -0.2) is 4.39 Å². The molecule has 0 spiro atoms. The zero-order valence-corrected chi connectivity index (χ0v) is 15.3. The average Bonchev–Trinajstić information content (AvgIpc) is 2.67. The van der Waals surface area contributed by atoms with Gasteiger partial charge >= 0.3 is 0 Å². The fraction of sp³-hybridized carbons (Fsp3) is 0.333. The van der Waals surface area contributed by atoms with Crippen molar-refractivity contribution in [3.8, 4) is 0 Å². The van der Waals surface area contributed by atoms with Crippen molar-refractivity contribution in [3.05, 3.63) is 65.5 Å². The largest absolute Gasteiger partial charge is 0.377 e. The van der Waals surface area contributed by atoms with Gasteiger partial charge in [-0.2, -0.15) is 0 Å². The SMILES string of the molecule is CC1COCCN1C(=O)c1ccc(NC(=O)CCc2cccc(F)c2)cc1. The second-order valence-corrected chi connectivity index (χ2v) is 6.68. The number of hydrogen-bond donors (Lipinski definition) is 1. The Kier molecular flexibility index (Phi) is 6.19. The van der Waals surface area contributed by atoms with Gasteiger partial charge in [0.2, 0.25) is 5.91 Å². The summed E-state index contributed by atoms with van der Waals surface area (Å²) >= 11 is 0. The first-order chi connectivity index (χ1) is 13.0. The molecule has 27 heavy (non-hydrogen) atoms. The van der Waals surface area contributed by atoms with Gasteiger partial charge in [0.1, 0.15) is 5.82 Å². The number of nitrogens with one attached hydrogen (secondary N) is 1. The van der Waals surface area contributed by atoms with E-state index in [1.807, 2.05) is 6.92 Å². The molecule has 1 heterocycles. The summed E-state index contributed by atoms with van der Waals surface area (Å²) in [5, 5.41) is 2.80. The fourth-order valence-corrected chi connectivity index (χ4v) is 3.06. The van der Waals surface area contributed by atoms with Crippen LogP contribution < -0.4 is 5.32 Å². The lowest BCUT2D eigenvalue weighted by Gasteiger charge is -2.33. The molecule has 0 aliphatic carbocycles. The average molecular weight is 370 g/mol. The molecule has 1 unspecified atom stereocenters. The van der Waals surface area contributed by atoms with E-state index in [0.29, 0.717) is 37.4 Å². The number of hydrogen-bond acceptors (Lipinski definition) is 3. The lowest BCUT2D eigenvalue weighted by Crippen LogP contribution is -2.47. The van der Waals surface area contributed by atoms with Crippen LogP contribution in [0.3, 0.4) is 0 Å². The molecule has 2 aromatic rings. The highest BCUT2D eigenvalue weighted by Crippen LogP contribution is 2.16. The summed E-state index contributed by atoms with van der Waals surface area (Å²) in [6.45, 7) is 3.64. The van der Waals surface area contributed by atoms with Gasteiger partial charge in [-0.05, 0) is 55.3 Å². The van der Waals surface area contributed by atoms with E-state index < -0.39 is 0 Å². The van der Waals surface area contributed by atoms with E-state index in [1.165, 1.54) is 12.1 Å². The van der Waals surface area contributed by atoms with E-state index in [0.717, 1.165) is 5.56 Å². The molecule has 2 aromatic carbocycles. The highest BCUT2D eigenvalue weighted by atomic mass is 19.1. The quantitative estimate of drug-likeness (QED) is 0.879. The number of rotatable bonds is 5. The summed E-state index contributed by atoms with van der Waals surface area (Å²) in [4.78, 5) is 26.5. The van der Waals surface area contributed by atoms with Crippen molar-refractivity contribution in [1.82, 2.24) is 4.90 Å². The molecule has 2 amide bonds. The molecule has 1 aliphatic heterocycles. The fourth-order valence-electron chi connectivity index (χ4n) is 3.06. The van der Waals surface area contributed by atoms with Crippen LogP contribution in [0.4, 0.5) is 10.1 Å². The van der Waals surface area contributed by atoms with Crippen molar-refractivity contribution in [2.45, 2.75) is 25.8 Å². The Morgan fingerprint density at radius 3 is 2.70 bits per heavy atom. The molecule has 0 aromatic heterocycles. The first-order valence-electron chi connectivity index (χ1n) is 9.06. The maximum atomic E-state index is 13.2. The number of carbonyl (C=O) groups is 2. The number of halogens is 1. The van der Waals surface area contributed by atoms with Gasteiger partial charge in [0.05, 0.1) is 19.3 Å². The Morgan fingerprint density at radius 1 is 1.22 bits per heavy atom. The zero-order valence-electron chi connectivity index (χ0n) is 15.3. The van der Waals surface area contributed by atoms with Crippen LogP contribution in [0.1, 0.15) is 29.3 Å². The van der Waals surface area contributed by atoms with Crippen molar-refractivity contribution in [2.75, 3.05) is 25.1 Å². The minimum absolute atomic E-state index is 0.0326. The summed E-state index contributed by atoms with van der Waals surface area (Å²) in [5.74, 6) is -0.488. The molecule has 0 radical (unpaired) electrons. The molecule has 142 valence electrons. The van der Waals surface area contributed by atoms with Crippen molar-refractivity contribution < 1.29 is 18.7 Å². The van der Waals surface area contributed by atoms with Crippen LogP contribution in [0.5, 0.6) is 0 Å². The van der Waals surface area contributed by atoms with E-state index >= 15 is 0 Å². The highest BCUT2D eigenvalue weighted by Gasteiger charge is 2.24. The molecule has 1 saturated heterocycles. The molecule has 5 nitrogen and oxygen atoms in total. The van der Waals surface area contributed by atoms with Crippen LogP contribution >= 0.6 is 0 Å². The van der Waals surface area contributed by atoms with Crippen LogP contribution in [0.15, 0.2) is 48.5 Å². The highest BCUT2D eigenvalue weighted by molar-refractivity contribution is 5.96. The van der Waals surface area contributed by atoms with Gasteiger partial charge in [0.25, 0.3) is 5.91 Å². The molecule has 6 heteroatoms. The second kappa shape index (κ2) is 8.77. The maximum Gasteiger partial charge on any atom is 0.254 e. The van der Waals surface area contributed by atoms with Gasteiger partial charge in [-0.3, -0.25) is 9.59 Å². The number of ether oxygens (including phenoxy) is 1. The third kappa shape index (κ3) is 5.14. The molecule has 1 atom stereocenters. The number of morpholine rings is 1. The van der Waals surface area contributed by atoms with Gasteiger partial charge in [-0.1, -0.05) is 12.1 Å². The minimum atomic E-state index is -0.303. The van der Waals surface area contributed by atoms with E-state index in [-0.39, 0.29) is 30.1 Å². The van der Waals surface area contributed by atoms with Gasteiger partial charge in [0, 0.05) is 24.2 Å². The lowest BCUT2D eigenvalue weighted by atomic mass is 10.1. The zero-order chi connectivity index (χ0) is 19.2. The van der Waals surface area contributed by atoms with Crippen molar-refractivity contribution in [3.63, 3.8) is 0 Å². The van der Waals surface area contributed by atoms with Gasteiger partial charge < -0.3 is 15.0 Å². The predicted octanol–water partition coefficient (Wildman–Crippen LogP) is 3.26. The third-order valence-corrected chi connectivity index (χ3v) is 4.57. The maximum absolute atomic E-state index is 13.2. The Labute approximate surface area is 158 Å². The van der Waals surface area contributed by atoms with Gasteiger partial charge in [0.15, 0.2) is 0 Å². The van der Waals surface area contributed by atoms with Crippen molar-refractivity contribution >= 4 is 17.5 Å². The van der Waals surface area contributed by atoms with Crippen LogP contribution in [0, 0.1) is 5.82 Å². The molecular weight excluding hydrogens is 347 g/mol. The number of aryl methyl sites for hydroxylation is 1. The van der Waals surface area contributed by atoms with Crippen LogP contribution in [0.2, 0.25) is 0 Å². The minimum Gasteiger partial charge on any atom is -0.377 e. The second-order valence-electron chi connectivity index (χ2n) is 6.68. The third-order valence-electron chi connectivity index (χ3n) is 4.57. The van der Waals surface area contributed by atoms with Crippen LogP contribution in [-0.2, 0) is 16.0 Å². The van der Waals surface area contributed by atoms with Gasteiger partial charge in [-0.15, -0.1) is 0 Å². The van der Waals surface area contributed by atoms with E-state index in [4.69, 9.17) is 4.74 Å². The van der Waals surface area contributed by atoms with Crippen LogP contribution in [-0.4, -0.2) is 42.5 Å². The molecule has 1 aliphatic rings. The number of carbonyl (C=O) groups excluding carboxylic acids is 2. The van der Waals surface area contributed by atoms with E-state index in [1.54, 1.807) is 41.3 Å². The summed E-state index contributed by atoms with van der Waals surface area (Å²) < 4.78 is 18.5. The standard InChI is InChI=1S/C21H23FN2O3/c1-15-14-27-12-11-24(15)21(26)17-6-8-19(9-7-17)23-20(25)10-5-16-3-2-4-18(22)13-16/h2-4,6-9,13,15H,5,10-12,14H2,1H3,(H,23,25).